The summed E-state index contributed by atoms with van der Waals surface area (Å²) < 4.78 is 7.24. The molecule has 0 bridgehead atoms. The number of aromatic nitrogens is 1. The largest absolute Gasteiger partial charge is 1.00 e. The molecule has 1 aromatic rings. The fourth-order valence-corrected chi connectivity index (χ4v) is 2.54. The zero-order chi connectivity index (χ0) is 16.9. The molecule has 1 rings (SSSR count). The molecule has 0 atom stereocenters. The van der Waals surface area contributed by atoms with Crippen molar-refractivity contribution < 1.29 is 31.1 Å². The van der Waals surface area contributed by atoms with Gasteiger partial charge >= 0.3 is 5.97 Å². The van der Waals surface area contributed by atoms with Crippen LogP contribution in [0, 0.1) is 6.92 Å². The molecule has 0 radical (unpaired) electrons. The molecule has 0 saturated heterocycles. The average molecular weight is 398 g/mol. The quantitative estimate of drug-likeness (QED) is 0.304. The van der Waals surface area contributed by atoms with Gasteiger partial charge in [-0.1, -0.05) is 64.5 Å². The summed E-state index contributed by atoms with van der Waals surface area (Å²) in [4.78, 5) is 11.9. The van der Waals surface area contributed by atoms with E-state index in [4.69, 9.17) is 4.74 Å². The highest BCUT2D eigenvalue weighted by Crippen LogP contribution is 2.08. The minimum Gasteiger partial charge on any atom is -1.00 e. The van der Waals surface area contributed by atoms with Crippen LogP contribution in [0.2, 0.25) is 0 Å². The van der Waals surface area contributed by atoms with Crippen LogP contribution >= 0.6 is 0 Å². The van der Waals surface area contributed by atoms with Gasteiger partial charge in [0.1, 0.15) is 0 Å². The molecule has 0 aliphatic carbocycles. The van der Waals surface area contributed by atoms with Gasteiger partial charge < -0.3 is 21.7 Å². The van der Waals surface area contributed by atoms with E-state index in [-0.39, 0.29) is 29.5 Å². The van der Waals surface area contributed by atoms with Gasteiger partial charge in [0.15, 0.2) is 11.9 Å². The van der Waals surface area contributed by atoms with Crippen LogP contribution < -0.4 is 21.5 Å². The first kappa shape index (κ1) is 22.8. The van der Waals surface area contributed by atoms with Crippen molar-refractivity contribution in [1.29, 1.82) is 0 Å². The van der Waals surface area contributed by atoms with Gasteiger partial charge in [-0.3, -0.25) is 0 Å². The number of pyridine rings is 1. The minimum atomic E-state index is -0.165. The van der Waals surface area contributed by atoms with Gasteiger partial charge in [-0.2, -0.15) is 4.57 Å². The van der Waals surface area contributed by atoms with Crippen molar-refractivity contribution in [3.05, 3.63) is 36.2 Å². The Labute approximate surface area is 157 Å². The molecule has 1 heterocycles. The highest BCUT2D eigenvalue weighted by molar-refractivity contribution is 5.67. The normalized spacial score (nSPS) is 10.1. The Morgan fingerprint density at radius 2 is 1.75 bits per heavy atom. The van der Waals surface area contributed by atoms with E-state index >= 15 is 0 Å². The topological polar surface area (TPSA) is 30.2 Å². The van der Waals surface area contributed by atoms with Crippen molar-refractivity contribution in [3.63, 3.8) is 0 Å². The maximum absolute atomic E-state index is 11.9. The lowest BCUT2D eigenvalue weighted by Gasteiger charge is -2.05. The van der Waals surface area contributed by atoms with E-state index in [1.165, 1.54) is 38.5 Å². The van der Waals surface area contributed by atoms with Crippen molar-refractivity contribution >= 4 is 12.0 Å². The van der Waals surface area contributed by atoms with Gasteiger partial charge in [-0.05, 0) is 12.5 Å². The number of nitrogens with zero attached hydrogens (tertiary/aromatic N) is 1. The van der Waals surface area contributed by atoms with Crippen LogP contribution in [0.4, 0.5) is 0 Å². The molecule has 3 nitrogen and oxygen atoms in total. The highest BCUT2D eigenvalue weighted by atomic mass is 79.9. The monoisotopic (exact) mass is 397 g/mol. The summed E-state index contributed by atoms with van der Waals surface area (Å²) in [5.41, 5.74) is 2.05. The lowest BCUT2D eigenvalue weighted by molar-refractivity contribution is -0.692. The number of carbonyl (C=O) groups is 1. The van der Waals surface area contributed by atoms with Crippen LogP contribution in [0.3, 0.4) is 0 Å². The zero-order valence-corrected chi connectivity index (χ0v) is 16.8. The SMILES string of the molecule is C=Cc1ccc(C)[n+](CC(=O)OCCCCCCCCCC)c1.[Br-]. The standard InChI is InChI=1S/C20H32NO2.BrH/c1-4-6-7-8-9-10-11-12-15-23-20(22)17-21-16-19(5-2)14-13-18(21)3;/h5,13-14,16H,2,4,6-12,15,17H2,1,3H3;1H/q+1;/p-1. The Morgan fingerprint density at radius 3 is 2.38 bits per heavy atom. The number of carbonyl (C=O) groups excluding carboxylic acids is 1. The highest BCUT2D eigenvalue weighted by Gasteiger charge is 2.13. The molecule has 24 heavy (non-hydrogen) atoms. The first-order valence-corrected chi connectivity index (χ1v) is 8.95. The molecule has 136 valence electrons. The fraction of sp³-hybridized carbons (Fsp3) is 0.600. The lowest BCUT2D eigenvalue weighted by Crippen LogP contribution is -3.00. The molecule has 0 aliphatic rings. The summed E-state index contributed by atoms with van der Waals surface area (Å²) >= 11 is 0. The van der Waals surface area contributed by atoms with Crippen LogP contribution in [-0.2, 0) is 16.1 Å². The molecule has 0 saturated carbocycles. The van der Waals surface area contributed by atoms with E-state index in [1.54, 1.807) is 6.08 Å². The number of aryl methyl sites for hydroxylation is 1. The van der Waals surface area contributed by atoms with Crippen LogP contribution in [0.15, 0.2) is 24.9 Å². The van der Waals surface area contributed by atoms with Gasteiger partial charge in [0.2, 0.25) is 6.54 Å². The Kier molecular flexibility index (Phi) is 13.5. The number of hydrogen-bond acceptors (Lipinski definition) is 2. The van der Waals surface area contributed by atoms with Crippen molar-refractivity contribution in [1.82, 2.24) is 0 Å². The van der Waals surface area contributed by atoms with E-state index in [9.17, 15) is 4.79 Å². The Hall–Kier alpha value is -1.16. The van der Waals surface area contributed by atoms with Gasteiger partial charge in [0, 0.05) is 18.6 Å². The predicted octanol–water partition coefficient (Wildman–Crippen LogP) is 1.61. The Bertz CT molecular complexity index is 489. The molecular weight excluding hydrogens is 366 g/mol. The minimum absolute atomic E-state index is 0. The lowest BCUT2D eigenvalue weighted by atomic mass is 10.1. The smallest absolute Gasteiger partial charge is 0.372 e. The summed E-state index contributed by atoms with van der Waals surface area (Å²) in [5.74, 6) is -0.165. The molecule has 4 heteroatoms. The molecule has 0 aromatic carbocycles. The van der Waals surface area contributed by atoms with Gasteiger partial charge in [0.25, 0.3) is 0 Å². The van der Waals surface area contributed by atoms with E-state index < -0.39 is 0 Å². The molecule has 0 unspecified atom stereocenters. The Balaban J connectivity index is 0.00000529. The summed E-state index contributed by atoms with van der Waals surface area (Å²) in [6, 6.07) is 3.98. The van der Waals surface area contributed by atoms with Crippen LogP contribution in [0.25, 0.3) is 6.08 Å². The third kappa shape index (κ3) is 9.86. The molecule has 0 N–H and O–H groups in total. The third-order valence-electron chi connectivity index (χ3n) is 4.07. The van der Waals surface area contributed by atoms with E-state index in [0.717, 1.165) is 24.1 Å². The number of rotatable bonds is 12. The fourth-order valence-electron chi connectivity index (χ4n) is 2.54. The van der Waals surface area contributed by atoms with Crippen molar-refractivity contribution in [2.45, 2.75) is 71.8 Å². The average Bonchev–Trinajstić information content (AvgIpc) is 2.55. The van der Waals surface area contributed by atoms with Crippen LogP contribution in [0.1, 0.15) is 69.5 Å². The van der Waals surface area contributed by atoms with Gasteiger partial charge in [-0.25, -0.2) is 4.79 Å². The second kappa shape index (κ2) is 14.2. The van der Waals surface area contributed by atoms with E-state index in [0.29, 0.717) is 6.61 Å². The molecule has 0 amide bonds. The van der Waals surface area contributed by atoms with Gasteiger partial charge in [0.05, 0.1) is 6.61 Å². The van der Waals surface area contributed by atoms with E-state index in [1.807, 2.05) is 29.8 Å². The van der Waals surface area contributed by atoms with Crippen molar-refractivity contribution in [2.75, 3.05) is 6.61 Å². The molecule has 0 aliphatic heterocycles. The summed E-state index contributed by atoms with van der Waals surface area (Å²) in [6.07, 6.45) is 13.7. The van der Waals surface area contributed by atoms with Gasteiger partial charge in [-0.15, -0.1) is 0 Å². The summed E-state index contributed by atoms with van der Waals surface area (Å²) in [6.45, 7) is 8.78. The predicted molar refractivity (Wildman–Crippen MR) is 95.0 cm³/mol. The van der Waals surface area contributed by atoms with Crippen LogP contribution in [-0.4, -0.2) is 12.6 Å². The molecular formula is C20H32BrNO2. The Morgan fingerprint density at radius 1 is 1.12 bits per heavy atom. The van der Waals surface area contributed by atoms with Crippen molar-refractivity contribution in [2.24, 2.45) is 0 Å². The molecule has 0 spiro atoms. The first-order chi connectivity index (χ1) is 11.2. The third-order valence-corrected chi connectivity index (χ3v) is 4.07. The number of hydrogen-bond donors (Lipinski definition) is 0. The molecule has 0 fully saturated rings. The second-order valence-electron chi connectivity index (χ2n) is 6.13. The van der Waals surface area contributed by atoms with Crippen LogP contribution in [0.5, 0.6) is 0 Å². The van der Waals surface area contributed by atoms with Crippen molar-refractivity contribution in [3.8, 4) is 0 Å². The summed E-state index contributed by atoms with van der Waals surface area (Å²) in [5, 5.41) is 0. The first-order valence-electron chi connectivity index (χ1n) is 8.95. The second-order valence-corrected chi connectivity index (χ2v) is 6.13. The number of unbranched alkanes of at least 4 members (excludes halogenated alkanes) is 7. The number of halogens is 1. The maximum atomic E-state index is 11.9. The number of ether oxygens (including phenoxy) is 1. The zero-order valence-electron chi connectivity index (χ0n) is 15.2. The number of esters is 1. The molecule has 1 aromatic heterocycles. The summed E-state index contributed by atoms with van der Waals surface area (Å²) in [7, 11) is 0. The van der Waals surface area contributed by atoms with E-state index in [2.05, 4.69) is 13.5 Å². The maximum Gasteiger partial charge on any atom is 0.372 e.